The van der Waals surface area contributed by atoms with Gasteiger partial charge in [-0.2, -0.15) is 4.98 Å². The zero-order chi connectivity index (χ0) is 11.4. The van der Waals surface area contributed by atoms with Crippen LogP contribution in [-0.4, -0.2) is 27.6 Å². The Balaban J connectivity index is 1.94. The van der Waals surface area contributed by atoms with Gasteiger partial charge in [0, 0.05) is 12.5 Å². The minimum absolute atomic E-state index is 0.724. The molecule has 0 bridgehead atoms. The van der Waals surface area contributed by atoms with Crippen LogP contribution in [-0.2, 0) is 13.0 Å². The quantitative estimate of drug-likeness (QED) is 0.768. The van der Waals surface area contributed by atoms with Crippen LogP contribution in [0.2, 0.25) is 0 Å². The smallest absolute Gasteiger partial charge is 0.240 e. The van der Waals surface area contributed by atoms with Crippen molar-refractivity contribution < 1.29 is 4.52 Å². The topological polar surface area (TPSA) is 42.2 Å². The molecule has 90 valence electrons. The Hall–Kier alpha value is -0.900. The Morgan fingerprint density at radius 1 is 1.31 bits per heavy atom. The minimum atomic E-state index is 0.724. The molecule has 4 nitrogen and oxygen atoms in total. The first-order chi connectivity index (χ1) is 7.83. The van der Waals surface area contributed by atoms with Crippen LogP contribution in [0, 0.1) is 0 Å². The summed E-state index contributed by atoms with van der Waals surface area (Å²) in [7, 11) is 0. The molecule has 1 aromatic rings. The minimum Gasteiger partial charge on any atom is -0.338 e. The molecule has 1 aromatic heterocycles. The summed E-state index contributed by atoms with van der Waals surface area (Å²) in [5, 5.41) is 3.94. The molecular formula is C12H21N3O. The largest absolute Gasteiger partial charge is 0.338 e. The lowest BCUT2D eigenvalue weighted by molar-refractivity contribution is 0.175. The van der Waals surface area contributed by atoms with Gasteiger partial charge in [0.05, 0.1) is 6.54 Å². The van der Waals surface area contributed by atoms with E-state index in [1.165, 1.54) is 25.7 Å². The summed E-state index contributed by atoms with van der Waals surface area (Å²) >= 11 is 0. The summed E-state index contributed by atoms with van der Waals surface area (Å²) in [4.78, 5) is 6.83. The highest BCUT2D eigenvalue weighted by molar-refractivity contribution is 4.87. The second-order valence-corrected chi connectivity index (χ2v) is 4.46. The van der Waals surface area contributed by atoms with Crippen LogP contribution in [0.25, 0.3) is 0 Å². The number of aryl methyl sites for hydroxylation is 1. The lowest BCUT2D eigenvalue weighted by Crippen LogP contribution is -2.32. The zero-order valence-corrected chi connectivity index (χ0v) is 10.3. The van der Waals surface area contributed by atoms with Gasteiger partial charge in [-0.05, 0) is 19.4 Å². The number of aromatic nitrogens is 2. The first-order valence-electron chi connectivity index (χ1n) is 6.39. The van der Waals surface area contributed by atoms with Crippen molar-refractivity contribution >= 4 is 0 Å². The van der Waals surface area contributed by atoms with Crippen molar-refractivity contribution in [2.45, 2.75) is 58.5 Å². The molecule has 1 heterocycles. The van der Waals surface area contributed by atoms with E-state index >= 15 is 0 Å². The predicted octanol–water partition coefficient (Wildman–Crippen LogP) is 2.40. The van der Waals surface area contributed by atoms with Gasteiger partial charge in [-0.25, -0.2) is 0 Å². The molecule has 1 aliphatic rings. The molecule has 0 unspecified atom stereocenters. The van der Waals surface area contributed by atoms with Crippen molar-refractivity contribution in [3.8, 4) is 0 Å². The average molecular weight is 223 g/mol. The number of hydrogen-bond acceptors (Lipinski definition) is 4. The van der Waals surface area contributed by atoms with E-state index in [0.717, 1.165) is 37.3 Å². The Kier molecular flexibility index (Phi) is 3.93. The fraction of sp³-hybridized carbons (Fsp3) is 0.833. The van der Waals surface area contributed by atoms with Gasteiger partial charge in [0.15, 0.2) is 5.82 Å². The Morgan fingerprint density at radius 3 is 2.62 bits per heavy atom. The third kappa shape index (κ3) is 2.61. The Morgan fingerprint density at radius 2 is 2.06 bits per heavy atom. The van der Waals surface area contributed by atoms with Crippen molar-refractivity contribution in [2.24, 2.45) is 0 Å². The van der Waals surface area contributed by atoms with E-state index in [1.807, 2.05) is 6.92 Å². The molecule has 0 saturated heterocycles. The first-order valence-corrected chi connectivity index (χ1v) is 6.39. The summed E-state index contributed by atoms with van der Waals surface area (Å²) in [6.07, 6.45) is 6.22. The molecule has 0 aromatic carbocycles. The van der Waals surface area contributed by atoms with Crippen molar-refractivity contribution in [2.75, 3.05) is 6.54 Å². The highest BCUT2D eigenvalue weighted by Gasteiger charge is 2.22. The highest BCUT2D eigenvalue weighted by atomic mass is 16.5. The molecule has 16 heavy (non-hydrogen) atoms. The highest BCUT2D eigenvalue weighted by Crippen LogP contribution is 2.24. The van der Waals surface area contributed by atoms with Gasteiger partial charge in [0.2, 0.25) is 5.89 Å². The van der Waals surface area contributed by atoms with E-state index in [4.69, 9.17) is 4.52 Å². The van der Waals surface area contributed by atoms with Crippen LogP contribution in [0.15, 0.2) is 4.52 Å². The summed E-state index contributed by atoms with van der Waals surface area (Å²) in [6, 6.07) is 0.724. The molecule has 0 aliphatic heterocycles. The fourth-order valence-corrected chi connectivity index (χ4v) is 2.44. The van der Waals surface area contributed by atoms with Gasteiger partial charge in [-0.1, -0.05) is 31.8 Å². The van der Waals surface area contributed by atoms with Gasteiger partial charge in [-0.3, -0.25) is 4.90 Å². The molecule has 4 heteroatoms. The van der Waals surface area contributed by atoms with E-state index in [0.29, 0.717) is 0 Å². The Labute approximate surface area is 97.0 Å². The van der Waals surface area contributed by atoms with Crippen LogP contribution in [0.5, 0.6) is 0 Å². The first kappa shape index (κ1) is 11.6. The number of nitrogens with zero attached hydrogens (tertiary/aromatic N) is 3. The fourth-order valence-electron chi connectivity index (χ4n) is 2.44. The van der Waals surface area contributed by atoms with E-state index in [2.05, 4.69) is 22.0 Å². The Bertz CT molecular complexity index is 318. The van der Waals surface area contributed by atoms with Gasteiger partial charge in [0.25, 0.3) is 0 Å². The second-order valence-electron chi connectivity index (χ2n) is 4.46. The summed E-state index contributed by atoms with van der Waals surface area (Å²) in [5.74, 6) is 1.59. The van der Waals surface area contributed by atoms with Crippen molar-refractivity contribution in [1.29, 1.82) is 0 Å². The molecule has 0 N–H and O–H groups in total. The van der Waals surface area contributed by atoms with Crippen LogP contribution in [0.3, 0.4) is 0 Å². The van der Waals surface area contributed by atoms with Crippen LogP contribution >= 0.6 is 0 Å². The summed E-state index contributed by atoms with van der Waals surface area (Å²) in [5.41, 5.74) is 0. The maximum absolute atomic E-state index is 5.24. The molecule has 1 saturated carbocycles. The van der Waals surface area contributed by atoms with E-state index in [-0.39, 0.29) is 0 Å². The molecule has 0 radical (unpaired) electrons. The third-order valence-corrected chi connectivity index (χ3v) is 3.41. The standard InChI is InChI=1S/C12H21N3O/c1-3-11-13-12(16-14-11)9-15(4-2)10-7-5-6-8-10/h10H,3-9H2,1-2H3. The normalized spacial score (nSPS) is 17.4. The zero-order valence-electron chi connectivity index (χ0n) is 10.3. The van der Waals surface area contributed by atoms with Crippen molar-refractivity contribution in [3.05, 3.63) is 11.7 Å². The molecular weight excluding hydrogens is 202 g/mol. The molecule has 1 aliphatic carbocycles. The molecule has 0 atom stereocenters. The molecule has 0 amide bonds. The third-order valence-electron chi connectivity index (χ3n) is 3.41. The summed E-state index contributed by atoms with van der Waals surface area (Å²) < 4.78 is 5.24. The maximum atomic E-state index is 5.24. The molecule has 2 rings (SSSR count). The molecule has 0 spiro atoms. The van der Waals surface area contributed by atoms with Crippen LogP contribution in [0.1, 0.15) is 51.2 Å². The van der Waals surface area contributed by atoms with E-state index < -0.39 is 0 Å². The van der Waals surface area contributed by atoms with E-state index in [1.54, 1.807) is 0 Å². The summed E-state index contributed by atoms with van der Waals surface area (Å²) in [6.45, 7) is 6.13. The average Bonchev–Trinajstić information content (AvgIpc) is 2.96. The second kappa shape index (κ2) is 5.43. The van der Waals surface area contributed by atoms with Crippen LogP contribution in [0.4, 0.5) is 0 Å². The van der Waals surface area contributed by atoms with Crippen molar-refractivity contribution in [3.63, 3.8) is 0 Å². The van der Waals surface area contributed by atoms with Gasteiger partial charge >= 0.3 is 0 Å². The lowest BCUT2D eigenvalue weighted by atomic mass is 10.2. The SMILES string of the molecule is CCc1noc(CN(CC)C2CCCC2)n1. The lowest BCUT2D eigenvalue weighted by Gasteiger charge is -2.25. The monoisotopic (exact) mass is 223 g/mol. The van der Waals surface area contributed by atoms with Gasteiger partial charge in [0.1, 0.15) is 0 Å². The molecule has 1 fully saturated rings. The van der Waals surface area contributed by atoms with Crippen molar-refractivity contribution in [1.82, 2.24) is 15.0 Å². The van der Waals surface area contributed by atoms with Gasteiger partial charge < -0.3 is 4.52 Å². The predicted molar refractivity (Wildman–Crippen MR) is 62.0 cm³/mol. The van der Waals surface area contributed by atoms with Gasteiger partial charge in [-0.15, -0.1) is 0 Å². The number of hydrogen-bond donors (Lipinski definition) is 0. The number of rotatable bonds is 5. The maximum Gasteiger partial charge on any atom is 0.240 e. The van der Waals surface area contributed by atoms with Crippen LogP contribution < -0.4 is 0 Å². The van der Waals surface area contributed by atoms with E-state index in [9.17, 15) is 0 Å².